The third kappa shape index (κ3) is 6.04. The van der Waals surface area contributed by atoms with E-state index in [1.54, 1.807) is 6.07 Å². The normalized spacial score (nSPS) is 10.2. The van der Waals surface area contributed by atoms with Crippen LogP contribution in [0.1, 0.15) is 44.6 Å². The summed E-state index contributed by atoms with van der Waals surface area (Å²) in [5.74, 6) is -0.420. The molecule has 104 valence electrons. The van der Waals surface area contributed by atoms with Crippen LogP contribution in [-0.4, -0.2) is 17.0 Å². The Morgan fingerprint density at radius 3 is 2.47 bits per heavy atom. The van der Waals surface area contributed by atoms with Crippen LogP contribution in [0, 0.1) is 0 Å². The molecule has 0 heterocycles. The van der Waals surface area contributed by atoms with Gasteiger partial charge in [0.15, 0.2) is 0 Å². The second-order valence-electron chi connectivity index (χ2n) is 4.39. The first kappa shape index (κ1) is 15.2. The van der Waals surface area contributed by atoms with Gasteiger partial charge in [0.2, 0.25) is 0 Å². The first-order chi connectivity index (χ1) is 9.13. The number of carbonyl (C=O) groups is 2. The number of para-hydroxylation sites is 1. The molecule has 4 nitrogen and oxygen atoms in total. The summed E-state index contributed by atoms with van der Waals surface area (Å²) in [5, 5.41) is 8.48. The molecule has 0 saturated carbocycles. The van der Waals surface area contributed by atoms with Crippen molar-refractivity contribution in [2.45, 2.75) is 45.4 Å². The highest BCUT2D eigenvalue weighted by atomic mass is 16.5. The summed E-state index contributed by atoms with van der Waals surface area (Å²) in [6.45, 7) is 2.01. The number of ether oxygens (including phenoxy) is 1. The van der Waals surface area contributed by atoms with Crippen molar-refractivity contribution in [2.75, 3.05) is 0 Å². The summed E-state index contributed by atoms with van der Waals surface area (Å²) < 4.78 is 5.31. The maximum absolute atomic E-state index is 11.6. The molecule has 0 spiro atoms. The van der Waals surface area contributed by atoms with Crippen molar-refractivity contribution >= 4 is 11.9 Å². The molecule has 1 N–H and O–H groups in total. The molecule has 0 atom stereocenters. The van der Waals surface area contributed by atoms with E-state index in [9.17, 15) is 9.59 Å². The SMILES string of the molecule is CCc1ccccc1OC(=O)CCCCCC(=O)O. The molecule has 0 bridgehead atoms. The number of hydrogen-bond donors (Lipinski definition) is 1. The molecule has 0 aliphatic carbocycles. The topological polar surface area (TPSA) is 63.6 Å². The monoisotopic (exact) mass is 264 g/mol. The summed E-state index contributed by atoms with van der Waals surface area (Å²) >= 11 is 0. The van der Waals surface area contributed by atoms with E-state index < -0.39 is 5.97 Å². The number of hydrogen-bond acceptors (Lipinski definition) is 3. The highest BCUT2D eigenvalue weighted by molar-refractivity contribution is 5.72. The largest absolute Gasteiger partial charge is 0.481 e. The number of carboxylic acid groups (broad SMARTS) is 1. The van der Waals surface area contributed by atoms with Crippen molar-refractivity contribution in [3.8, 4) is 5.75 Å². The fourth-order valence-electron chi connectivity index (χ4n) is 1.79. The van der Waals surface area contributed by atoms with Crippen molar-refractivity contribution in [3.63, 3.8) is 0 Å². The Morgan fingerprint density at radius 2 is 1.79 bits per heavy atom. The number of aryl methyl sites for hydroxylation is 1. The standard InChI is InChI=1S/C15H20O4/c1-2-12-8-6-7-9-13(12)19-15(18)11-5-3-4-10-14(16)17/h6-9H,2-5,10-11H2,1H3,(H,16,17). The van der Waals surface area contributed by atoms with Gasteiger partial charge in [-0.1, -0.05) is 31.5 Å². The van der Waals surface area contributed by atoms with E-state index in [0.29, 0.717) is 25.0 Å². The van der Waals surface area contributed by atoms with E-state index in [1.165, 1.54) is 0 Å². The first-order valence-corrected chi connectivity index (χ1v) is 6.64. The van der Waals surface area contributed by atoms with Crippen LogP contribution in [0.4, 0.5) is 0 Å². The number of aliphatic carboxylic acids is 1. The number of benzene rings is 1. The lowest BCUT2D eigenvalue weighted by atomic mass is 10.1. The molecular formula is C15H20O4. The summed E-state index contributed by atoms with van der Waals surface area (Å²) in [5.41, 5.74) is 1.02. The average molecular weight is 264 g/mol. The molecule has 19 heavy (non-hydrogen) atoms. The minimum absolute atomic E-state index is 0.160. The molecule has 0 radical (unpaired) electrons. The predicted octanol–water partition coefficient (Wildman–Crippen LogP) is 3.19. The zero-order chi connectivity index (χ0) is 14.1. The van der Waals surface area contributed by atoms with Crippen LogP contribution in [0.15, 0.2) is 24.3 Å². The van der Waals surface area contributed by atoms with Gasteiger partial charge in [-0.15, -0.1) is 0 Å². The van der Waals surface area contributed by atoms with Crippen LogP contribution in [0.3, 0.4) is 0 Å². The van der Waals surface area contributed by atoms with Crippen LogP contribution < -0.4 is 4.74 Å². The molecule has 0 aromatic heterocycles. The molecule has 1 rings (SSSR count). The maximum Gasteiger partial charge on any atom is 0.311 e. The third-order valence-corrected chi connectivity index (χ3v) is 2.85. The van der Waals surface area contributed by atoms with Gasteiger partial charge in [-0.2, -0.15) is 0 Å². The van der Waals surface area contributed by atoms with Crippen molar-refractivity contribution in [1.82, 2.24) is 0 Å². The Kier molecular flexibility index (Phi) is 6.64. The fraction of sp³-hybridized carbons (Fsp3) is 0.467. The molecule has 0 aliphatic heterocycles. The Balaban J connectivity index is 2.29. The first-order valence-electron chi connectivity index (χ1n) is 6.64. The van der Waals surface area contributed by atoms with Crippen LogP contribution in [0.5, 0.6) is 5.75 Å². The fourth-order valence-corrected chi connectivity index (χ4v) is 1.79. The average Bonchev–Trinajstić information content (AvgIpc) is 2.38. The van der Waals surface area contributed by atoms with Crippen molar-refractivity contribution in [3.05, 3.63) is 29.8 Å². The zero-order valence-electron chi connectivity index (χ0n) is 11.2. The lowest BCUT2D eigenvalue weighted by molar-refractivity contribution is -0.137. The summed E-state index contributed by atoms with van der Waals surface area (Å²) in [6.07, 6.45) is 3.32. The lowest BCUT2D eigenvalue weighted by Gasteiger charge is -2.08. The quantitative estimate of drug-likeness (QED) is 0.445. The maximum atomic E-state index is 11.6. The van der Waals surface area contributed by atoms with Crippen LogP contribution in [-0.2, 0) is 16.0 Å². The van der Waals surface area contributed by atoms with Gasteiger partial charge < -0.3 is 9.84 Å². The third-order valence-electron chi connectivity index (χ3n) is 2.85. The molecule has 0 amide bonds. The Morgan fingerprint density at radius 1 is 1.11 bits per heavy atom. The van der Waals surface area contributed by atoms with Gasteiger partial charge in [0, 0.05) is 12.8 Å². The number of unbranched alkanes of at least 4 members (excludes halogenated alkanes) is 2. The number of carbonyl (C=O) groups excluding carboxylic acids is 1. The summed E-state index contributed by atoms with van der Waals surface area (Å²) in [6, 6.07) is 7.49. The van der Waals surface area contributed by atoms with Gasteiger partial charge in [-0.05, 0) is 30.9 Å². The van der Waals surface area contributed by atoms with Gasteiger partial charge in [0.25, 0.3) is 0 Å². The number of rotatable bonds is 8. The van der Waals surface area contributed by atoms with Gasteiger partial charge in [0.05, 0.1) is 0 Å². The molecule has 1 aromatic carbocycles. The summed E-state index contributed by atoms with van der Waals surface area (Å²) in [7, 11) is 0. The van der Waals surface area contributed by atoms with Gasteiger partial charge in [0.1, 0.15) is 5.75 Å². The predicted molar refractivity (Wildman–Crippen MR) is 72.2 cm³/mol. The van der Waals surface area contributed by atoms with E-state index >= 15 is 0 Å². The Bertz CT molecular complexity index is 426. The highest BCUT2D eigenvalue weighted by Gasteiger charge is 2.07. The van der Waals surface area contributed by atoms with E-state index in [4.69, 9.17) is 9.84 Å². The molecule has 1 aromatic rings. The van der Waals surface area contributed by atoms with Crippen LogP contribution in [0.2, 0.25) is 0 Å². The number of esters is 1. The van der Waals surface area contributed by atoms with E-state index in [0.717, 1.165) is 18.4 Å². The van der Waals surface area contributed by atoms with E-state index in [-0.39, 0.29) is 12.4 Å². The van der Waals surface area contributed by atoms with Crippen molar-refractivity contribution < 1.29 is 19.4 Å². The molecule has 4 heteroatoms. The molecule has 0 saturated heterocycles. The van der Waals surface area contributed by atoms with Gasteiger partial charge >= 0.3 is 11.9 Å². The van der Waals surface area contributed by atoms with Crippen molar-refractivity contribution in [2.24, 2.45) is 0 Å². The summed E-state index contributed by atoms with van der Waals surface area (Å²) in [4.78, 5) is 22.0. The van der Waals surface area contributed by atoms with Crippen molar-refractivity contribution in [1.29, 1.82) is 0 Å². The second kappa shape index (κ2) is 8.29. The van der Waals surface area contributed by atoms with E-state index in [1.807, 2.05) is 25.1 Å². The molecule has 0 fully saturated rings. The van der Waals surface area contributed by atoms with Crippen LogP contribution in [0.25, 0.3) is 0 Å². The zero-order valence-corrected chi connectivity index (χ0v) is 11.2. The van der Waals surface area contributed by atoms with E-state index in [2.05, 4.69) is 0 Å². The highest BCUT2D eigenvalue weighted by Crippen LogP contribution is 2.19. The lowest BCUT2D eigenvalue weighted by Crippen LogP contribution is -2.09. The number of carboxylic acids is 1. The molecule has 0 unspecified atom stereocenters. The van der Waals surface area contributed by atoms with Crippen LogP contribution >= 0.6 is 0 Å². The smallest absolute Gasteiger partial charge is 0.311 e. The molecule has 0 aliphatic rings. The minimum atomic E-state index is -0.792. The van der Waals surface area contributed by atoms with Gasteiger partial charge in [-0.25, -0.2) is 0 Å². The minimum Gasteiger partial charge on any atom is -0.481 e. The van der Waals surface area contributed by atoms with Gasteiger partial charge in [-0.3, -0.25) is 9.59 Å². The second-order valence-corrected chi connectivity index (χ2v) is 4.39. The Hall–Kier alpha value is -1.84. The molecular weight excluding hydrogens is 244 g/mol. The Labute approximate surface area is 113 Å².